The number of anilines is 1. The third-order valence-electron chi connectivity index (χ3n) is 3.11. The van der Waals surface area contributed by atoms with Crippen molar-refractivity contribution in [1.29, 1.82) is 0 Å². The Labute approximate surface area is 127 Å². The van der Waals surface area contributed by atoms with E-state index in [1.165, 1.54) is 6.07 Å². The molecule has 2 rings (SSSR count). The minimum atomic E-state index is -1.02. The van der Waals surface area contributed by atoms with Crippen LogP contribution in [0.1, 0.15) is 12.8 Å². The summed E-state index contributed by atoms with van der Waals surface area (Å²) in [6.45, 7) is 0.474. The van der Waals surface area contributed by atoms with Crippen molar-refractivity contribution < 1.29 is 9.90 Å². The second-order valence-electron chi connectivity index (χ2n) is 4.86. The molecule has 0 radical (unpaired) electrons. The predicted octanol–water partition coefficient (Wildman–Crippen LogP) is 1.04. The third kappa shape index (κ3) is 4.42. The lowest BCUT2D eigenvalue weighted by Crippen LogP contribution is -2.30. The highest BCUT2D eigenvalue weighted by atomic mass is 16.4. The first-order chi connectivity index (χ1) is 10.6. The van der Waals surface area contributed by atoms with Gasteiger partial charge in [0.05, 0.1) is 5.69 Å². The molecule has 0 saturated carbocycles. The largest absolute Gasteiger partial charge is 0.480 e. The van der Waals surface area contributed by atoms with E-state index in [-0.39, 0.29) is 5.56 Å². The van der Waals surface area contributed by atoms with Crippen LogP contribution in [-0.2, 0) is 4.79 Å². The number of nitrogens with zero attached hydrogens (tertiary/aromatic N) is 1. The third-order valence-corrected chi connectivity index (χ3v) is 3.11. The lowest BCUT2D eigenvalue weighted by molar-refractivity contribution is -0.138. The van der Waals surface area contributed by atoms with Crippen molar-refractivity contribution in [2.24, 2.45) is 5.73 Å². The highest BCUT2D eigenvalue weighted by Gasteiger charge is 2.10. The molecule has 0 fully saturated rings. The Kier molecular flexibility index (Phi) is 5.26. The highest BCUT2D eigenvalue weighted by molar-refractivity contribution is 5.72. The maximum Gasteiger partial charge on any atom is 0.320 e. The van der Waals surface area contributed by atoms with Crippen LogP contribution in [0.3, 0.4) is 0 Å². The van der Waals surface area contributed by atoms with Crippen molar-refractivity contribution in [1.82, 2.24) is 9.97 Å². The summed E-state index contributed by atoms with van der Waals surface area (Å²) in [4.78, 5) is 29.2. The molecule has 0 saturated heterocycles. The molecule has 0 aliphatic heterocycles. The molecule has 1 aromatic heterocycles. The second kappa shape index (κ2) is 7.37. The Morgan fingerprint density at radius 1 is 1.36 bits per heavy atom. The number of hydrogen-bond acceptors (Lipinski definition) is 5. The minimum Gasteiger partial charge on any atom is -0.480 e. The summed E-state index contributed by atoms with van der Waals surface area (Å²) in [5, 5.41) is 11.7. The number of nitrogens with one attached hydrogen (secondary N) is 2. The molecule has 7 heteroatoms. The molecule has 7 nitrogen and oxygen atoms in total. The van der Waals surface area contributed by atoms with Crippen molar-refractivity contribution in [2.75, 3.05) is 11.9 Å². The van der Waals surface area contributed by atoms with E-state index in [0.29, 0.717) is 31.0 Å². The van der Waals surface area contributed by atoms with E-state index >= 15 is 0 Å². The zero-order valence-corrected chi connectivity index (χ0v) is 12.0. The van der Waals surface area contributed by atoms with Gasteiger partial charge >= 0.3 is 5.97 Å². The number of benzene rings is 1. The Balaban J connectivity index is 1.99. The van der Waals surface area contributed by atoms with Crippen LogP contribution in [0.25, 0.3) is 11.3 Å². The Hall–Kier alpha value is -2.67. The molecule has 0 spiro atoms. The van der Waals surface area contributed by atoms with Gasteiger partial charge in [0, 0.05) is 18.2 Å². The van der Waals surface area contributed by atoms with Gasteiger partial charge in [-0.3, -0.25) is 14.6 Å². The highest BCUT2D eigenvalue weighted by Crippen LogP contribution is 2.15. The number of carboxylic acid groups (broad SMARTS) is 1. The number of H-pyrrole nitrogens is 1. The summed E-state index contributed by atoms with van der Waals surface area (Å²) in [6.07, 6.45) is 0.914. The van der Waals surface area contributed by atoms with E-state index in [0.717, 1.165) is 5.56 Å². The van der Waals surface area contributed by atoms with Crippen LogP contribution in [0.4, 0.5) is 5.95 Å². The van der Waals surface area contributed by atoms with Gasteiger partial charge in [0.25, 0.3) is 5.56 Å². The van der Waals surface area contributed by atoms with Gasteiger partial charge < -0.3 is 16.2 Å². The van der Waals surface area contributed by atoms with Crippen LogP contribution < -0.4 is 16.6 Å². The average molecular weight is 302 g/mol. The quantitative estimate of drug-likeness (QED) is 0.567. The zero-order valence-electron chi connectivity index (χ0n) is 12.0. The molecule has 1 heterocycles. The Morgan fingerprint density at radius 2 is 2.09 bits per heavy atom. The van der Waals surface area contributed by atoms with Gasteiger partial charge in [0.15, 0.2) is 0 Å². The monoisotopic (exact) mass is 302 g/mol. The molecule has 0 bridgehead atoms. The average Bonchev–Trinajstić information content (AvgIpc) is 2.51. The first-order valence-corrected chi connectivity index (χ1v) is 6.95. The van der Waals surface area contributed by atoms with E-state index in [1.807, 2.05) is 30.3 Å². The SMILES string of the molecule is NC(CCCNc1nc(-c2ccccc2)cc(=O)[nH]1)C(=O)O. The number of aromatic nitrogens is 2. The summed E-state index contributed by atoms with van der Waals surface area (Å²) in [5.74, 6) is -0.659. The van der Waals surface area contributed by atoms with Crippen molar-refractivity contribution in [3.8, 4) is 11.3 Å². The first kappa shape index (κ1) is 15.7. The predicted molar refractivity (Wildman–Crippen MR) is 83.6 cm³/mol. The van der Waals surface area contributed by atoms with Gasteiger partial charge in [-0.15, -0.1) is 0 Å². The zero-order chi connectivity index (χ0) is 15.9. The van der Waals surface area contributed by atoms with E-state index in [2.05, 4.69) is 15.3 Å². The van der Waals surface area contributed by atoms with E-state index in [9.17, 15) is 9.59 Å². The van der Waals surface area contributed by atoms with Crippen LogP contribution in [0, 0.1) is 0 Å². The van der Waals surface area contributed by atoms with Gasteiger partial charge in [-0.25, -0.2) is 4.98 Å². The summed E-state index contributed by atoms with van der Waals surface area (Å²) in [6, 6.07) is 9.94. The molecule has 22 heavy (non-hydrogen) atoms. The van der Waals surface area contributed by atoms with Crippen molar-refractivity contribution >= 4 is 11.9 Å². The maximum absolute atomic E-state index is 11.7. The summed E-state index contributed by atoms with van der Waals surface area (Å²) in [5.41, 5.74) is 6.60. The molecular formula is C15H18N4O3. The fraction of sp³-hybridized carbons (Fsp3) is 0.267. The van der Waals surface area contributed by atoms with Gasteiger partial charge in [-0.05, 0) is 12.8 Å². The minimum absolute atomic E-state index is 0.251. The molecule has 1 aromatic carbocycles. The normalized spacial score (nSPS) is 11.9. The lowest BCUT2D eigenvalue weighted by Gasteiger charge is -2.09. The molecular weight excluding hydrogens is 284 g/mol. The van der Waals surface area contributed by atoms with Crippen molar-refractivity contribution in [3.63, 3.8) is 0 Å². The molecule has 116 valence electrons. The number of carbonyl (C=O) groups is 1. The van der Waals surface area contributed by atoms with Gasteiger partial charge in [0.2, 0.25) is 5.95 Å². The van der Waals surface area contributed by atoms with Gasteiger partial charge in [0.1, 0.15) is 6.04 Å². The number of nitrogens with two attached hydrogens (primary N) is 1. The van der Waals surface area contributed by atoms with E-state index in [4.69, 9.17) is 10.8 Å². The fourth-order valence-corrected chi connectivity index (χ4v) is 1.95. The molecule has 1 atom stereocenters. The van der Waals surface area contributed by atoms with Crippen LogP contribution in [0.5, 0.6) is 0 Å². The van der Waals surface area contributed by atoms with Crippen LogP contribution >= 0.6 is 0 Å². The molecule has 0 amide bonds. The smallest absolute Gasteiger partial charge is 0.320 e. The molecule has 0 aliphatic carbocycles. The van der Waals surface area contributed by atoms with Crippen LogP contribution in [-0.4, -0.2) is 33.6 Å². The molecule has 5 N–H and O–H groups in total. The van der Waals surface area contributed by atoms with Crippen LogP contribution in [0.15, 0.2) is 41.2 Å². The molecule has 2 aromatic rings. The van der Waals surface area contributed by atoms with E-state index < -0.39 is 12.0 Å². The number of rotatable bonds is 7. The summed E-state index contributed by atoms with van der Waals surface area (Å²) in [7, 11) is 0. The van der Waals surface area contributed by atoms with Gasteiger partial charge in [-0.1, -0.05) is 30.3 Å². The topological polar surface area (TPSA) is 121 Å². The lowest BCUT2D eigenvalue weighted by atomic mass is 10.1. The number of aliphatic carboxylic acids is 1. The van der Waals surface area contributed by atoms with Gasteiger partial charge in [-0.2, -0.15) is 0 Å². The number of aromatic amines is 1. The Morgan fingerprint density at radius 3 is 2.77 bits per heavy atom. The van der Waals surface area contributed by atoms with Crippen molar-refractivity contribution in [3.05, 3.63) is 46.8 Å². The van der Waals surface area contributed by atoms with E-state index in [1.54, 1.807) is 0 Å². The second-order valence-corrected chi connectivity index (χ2v) is 4.86. The standard InChI is InChI=1S/C15H18N4O3/c16-11(14(21)22)7-4-8-17-15-18-12(9-13(20)19-15)10-5-2-1-3-6-10/h1-3,5-6,9,11H,4,7-8,16H2,(H,21,22)(H2,17,18,19,20). The van der Waals surface area contributed by atoms with Crippen LogP contribution in [0.2, 0.25) is 0 Å². The fourth-order valence-electron chi connectivity index (χ4n) is 1.95. The Bertz CT molecular complexity index is 685. The maximum atomic E-state index is 11.7. The van der Waals surface area contributed by atoms with Crippen molar-refractivity contribution in [2.45, 2.75) is 18.9 Å². The first-order valence-electron chi connectivity index (χ1n) is 6.95. The molecule has 0 aliphatic rings. The number of carboxylic acids is 1. The summed E-state index contributed by atoms with van der Waals surface area (Å²) < 4.78 is 0. The number of hydrogen-bond donors (Lipinski definition) is 4. The summed E-state index contributed by atoms with van der Waals surface area (Å²) >= 11 is 0. The molecule has 1 unspecified atom stereocenters.